The summed E-state index contributed by atoms with van der Waals surface area (Å²) in [4.78, 5) is 16.3. The average Bonchev–Trinajstić information content (AvgIpc) is 3.07. The molecule has 33 heavy (non-hydrogen) atoms. The van der Waals surface area contributed by atoms with E-state index in [4.69, 9.17) is 4.74 Å². The van der Waals surface area contributed by atoms with Crippen LogP contribution in [0.1, 0.15) is 31.9 Å². The number of hydrogen-bond acceptors (Lipinski definition) is 5. The van der Waals surface area contributed by atoms with Gasteiger partial charge in [-0.05, 0) is 56.5 Å². The topological polar surface area (TPSA) is 89.2 Å². The number of aromatic nitrogens is 2. The lowest BCUT2D eigenvalue weighted by Gasteiger charge is -2.19. The number of hydrogen-bond donors (Lipinski definition) is 1. The van der Waals surface area contributed by atoms with Gasteiger partial charge in [0.2, 0.25) is 0 Å². The van der Waals surface area contributed by atoms with Crippen LogP contribution in [-0.2, 0) is 18.2 Å². The minimum atomic E-state index is -4.78. The van der Waals surface area contributed by atoms with Gasteiger partial charge in [0.25, 0.3) is 0 Å². The number of nitrogens with one attached hydrogen (secondary N) is 1. The molecule has 7 nitrogen and oxygen atoms in total. The zero-order valence-electron chi connectivity index (χ0n) is 18.6. The fourth-order valence-electron chi connectivity index (χ4n) is 3.38. The molecule has 3 rings (SSSR count). The maximum absolute atomic E-state index is 12.5. The quantitative estimate of drug-likeness (QED) is 0.574. The summed E-state index contributed by atoms with van der Waals surface area (Å²) in [5, 5.41) is 12.5. The van der Waals surface area contributed by atoms with Gasteiger partial charge in [-0.2, -0.15) is 5.26 Å². The Morgan fingerprint density at radius 1 is 1.21 bits per heavy atom. The first-order chi connectivity index (χ1) is 15.4. The van der Waals surface area contributed by atoms with E-state index in [2.05, 4.69) is 21.1 Å². The summed E-state index contributed by atoms with van der Waals surface area (Å²) in [7, 11) is 1.75. The van der Waals surface area contributed by atoms with Gasteiger partial charge in [0, 0.05) is 19.2 Å². The van der Waals surface area contributed by atoms with Gasteiger partial charge in [-0.3, -0.25) is 0 Å². The maximum Gasteiger partial charge on any atom is 0.573 e. The molecule has 0 bridgehead atoms. The number of fused-ring (bicyclic) bond motifs is 1. The molecule has 1 N–H and O–H groups in total. The van der Waals surface area contributed by atoms with Crippen molar-refractivity contribution in [2.45, 2.75) is 39.2 Å². The van der Waals surface area contributed by atoms with Crippen molar-refractivity contribution in [3.05, 3.63) is 47.8 Å². The maximum atomic E-state index is 12.5. The van der Waals surface area contributed by atoms with Gasteiger partial charge in [-0.25, -0.2) is 9.78 Å². The van der Waals surface area contributed by atoms with Crippen molar-refractivity contribution in [1.29, 1.82) is 5.26 Å². The second-order valence-electron chi connectivity index (χ2n) is 8.37. The fourth-order valence-corrected chi connectivity index (χ4v) is 3.38. The molecule has 0 aliphatic carbocycles. The highest BCUT2D eigenvalue weighted by Gasteiger charge is 2.31. The van der Waals surface area contributed by atoms with Crippen molar-refractivity contribution in [1.82, 2.24) is 14.9 Å². The molecule has 0 saturated heterocycles. The number of halogens is 3. The van der Waals surface area contributed by atoms with Crippen LogP contribution >= 0.6 is 0 Å². The van der Waals surface area contributed by atoms with E-state index in [0.717, 1.165) is 0 Å². The van der Waals surface area contributed by atoms with Crippen LogP contribution in [0.25, 0.3) is 22.2 Å². The number of carbonyl (C=O) groups excluding carboxylic acids is 1. The van der Waals surface area contributed by atoms with Crippen LogP contribution in [-0.4, -0.2) is 34.2 Å². The first-order valence-electron chi connectivity index (χ1n) is 10.1. The third kappa shape index (κ3) is 5.94. The lowest BCUT2D eigenvalue weighted by molar-refractivity contribution is -0.274. The Labute approximate surface area is 188 Å². The van der Waals surface area contributed by atoms with E-state index in [1.54, 1.807) is 44.8 Å². The van der Waals surface area contributed by atoms with Gasteiger partial charge in [-0.15, -0.1) is 13.2 Å². The standard InChI is InChI=1S/C23H23F3N4O3/c1-22(2,3)33-21(31)28-10-9-15-11-17(19-20(18(15)12-27)30(4)13-29-19)14-5-7-16(8-6-14)32-23(24,25)26/h5-8,11,13H,9-10H2,1-4H3,(H,28,31). The van der Waals surface area contributed by atoms with E-state index < -0.39 is 18.1 Å². The minimum absolute atomic E-state index is 0.227. The normalized spacial score (nSPS) is 11.8. The van der Waals surface area contributed by atoms with E-state index >= 15 is 0 Å². The molecule has 1 aromatic heterocycles. The number of imidazole rings is 1. The summed E-state index contributed by atoms with van der Waals surface area (Å²) in [6.07, 6.45) is -3.44. The number of nitriles is 1. The molecule has 2 aromatic carbocycles. The summed E-state index contributed by atoms with van der Waals surface area (Å²) >= 11 is 0. The second kappa shape index (κ2) is 9.02. The second-order valence-corrected chi connectivity index (χ2v) is 8.37. The number of aryl methyl sites for hydroxylation is 1. The molecule has 0 aliphatic rings. The molecular formula is C23H23F3N4O3. The van der Waals surface area contributed by atoms with Crippen LogP contribution in [0.15, 0.2) is 36.7 Å². The zero-order chi connectivity index (χ0) is 24.4. The summed E-state index contributed by atoms with van der Waals surface area (Å²) in [5.74, 6) is -0.334. The lowest BCUT2D eigenvalue weighted by Crippen LogP contribution is -2.33. The van der Waals surface area contributed by atoms with Crippen molar-refractivity contribution >= 4 is 17.1 Å². The van der Waals surface area contributed by atoms with Gasteiger partial charge >= 0.3 is 12.5 Å². The van der Waals surface area contributed by atoms with Crippen LogP contribution in [0.2, 0.25) is 0 Å². The molecule has 174 valence electrons. The average molecular weight is 460 g/mol. The van der Waals surface area contributed by atoms with Crippen LogP contribution in [0.5, 0.6) is 5.75 Å². The summed E-state index contributed by atoms with van der Waals surface area (Å²) < 4.78 is 48.3. The van der Waals surface area contributed by atoms with E-state index in [9.17, 15) is 23.2 Å². The largest absolute Gasteiger partial charge is 0.573 e. The first kappa shape index (κ1) is 23.9. The molecule has 0 spiro atoms. The number of nitrogens with zero attached hydrogens (tertiary/aromatic N) is 3. The molecule has 0 unspecified atom stereocenters. The third-order valence-electron chi connectivity index (χ3n) is 4.64. The van der Waals surface area contributed by atoms with Crippen LogP contribution in [0, 0.1) is 11.3 Å². The molecule has 1 amide bonds. The lowest BCUT2D eigenvalue weighted by atomic mass is 9.95. The van der Waals surface area contributed by atoms with E-state index in [0.29, 0.717) is 39.7 Å². The van der Waals surface area contributed by atoms with E-state index in [1.165, 1.54) is 24.3 Å². The number of alkyl carbamates (subject to hydrolysis) is 1. The third-order valence-corrected chi connectivity index (χ3v) is 4.64. The monoisotopic (exact) mass is 460 g/mol. The number of rotatable bonds is 5. The van der Waals surface area contributed by atoms with Gasteiger partial charge in [0.15, 0.2) is 0 Å². The summed E-state index contributed by atoms with van der Waals surface area (Å²) in [5.41, 5.74) is 2.84. The zero-order valence-corrected chi connectivity index (χ0v) is 18.6. The number of benzene rings is 2. The highest BCUT2D eigenvalue weighted by atomic mass is 19.4. The molecule has 0 aliphatic heterocycles. The predicted molar refractivity (Wildman–Crippen MR) is 115 cm³/mol. The Hall–Kier alpha value is -3.74. The Kier molecular flexibility index (Phi) is 6.53. The molecule has 0 radical (unpaired) electrons. The number of ether oxygens (including phenoxy) is 2. The smallest absolute Gasteiger partial charge is 0.444 e. The number of alkyl halides is 3. The molecule has 0 saturated carbocycles. The Balaban J connectivity index is 1.94. The molecule has 1 heterocycles. The Bertz CT molecular complexity index is 1200. The highest BCUT2D eigenvalue weighted by molar-refractivity contribution is 5.96. The van der Waals surface area contributed by atoms with Crippen LogP contribution < -0.4 is 10.1 Å². The summed E-state index contributed by atoms with van der Waals surface area (Å²) in [6, 6.07) is 9.42. The van der Waals surface area contributed by atoms with Crippen molar-refractivity contribution in [2.24, 2.45) is 7.05 Å². The molecule has 0 fully saturated rings. The Morgan fingerprint density at radius 2 is 1.88 bits per heavy atom. The van der Waals surface area contributed by atoms with Gasteiger partial charge in [0.1, 0.15) is 17.4 Å². The minimum Gasteiger partial charge on any atom is -0.444 e. The van der Waals surface area contributed by atoms with Gasteiger partial charge in [0.05, 0.1) is 22.9 Å². The molecule has 0 atom stereocenters. The highest BCUT2D eigenvalue weighted by Crippen LogP contribution is 2.34. The van der Waals surface area contributed by atoms with Crippen LogP contribution in [0.4, 0.5) is 18.0 Å². The van der Waals surface area contributed by atoms with Gasteiger partial charge in [-0.1, -0.05) is 12.1 Å². The van der Waals surface area contributed by atoms with Crippen molar-refractivity contribution in [2.75, 3.05) is 6.54 Å². The Morgan fingerprint density at radius 3 is 2.45 bits per heavy atom. The SMILES string of the molecule is Cn1cnc2c(-c3ccc(OC(F)(F)F)cc3)cc(CCNC(=O)OC(C)(C)C)c(C#N)c21. The van der Waals surface area contributed by atoms with Crippen molar-refractivity contribution in [3.63, 3.8) is 0 Å². The predicted octanol–water partition coefficient (Wildman–Crippen LogP) is 5.08. The van der Waals surface area contributed by atoms with E-state index in [-0.39, 0.29) is 12.3 Å². The van der Waals surface area contributed by atoms with Crippen molar-refractivity contribution in [3.8, 4) is 22.9 Å². The molecule has 3 aromatic rings. The van der Waals surface area contributed by atoms with Crippen molar-refractivity contribution < 1.29 is 27.4 Å². The molecule has 10 heteroatoms. The van der Waals surface area contributed by atoms with E-state index in [1.807, 2.05) is 0 Å². The first-order valence-corrected chi connectivity index (χ1v) is 10.1. The summed E-state index contributed by atoms with van der Waals surface area (Å²) in [6.45, 7) is 5.50. The number of carbonyl (C=O) groups is 1. The number of amides is 1. The molecular weight excluding hydrogens is 437 g/mol. The van der Waals surface area contributed by atoms with Gasteiger partial charge < -0.3 is 19.4 Å². The van der Waals surface area contributed by atoms with Crippen LogP contribution in [0.3, 0.4) is 0 Å². The fraction of sp³-hybridized carbons (Fsp3) is 0.348.